The first-order valence-corrected chi connectivity index (χ1v) is 12.7. The highest BCUT2D eigenvalue weighted by atomic mass is 35.5. The number of methoxy groups -OCH3 is 1. The van der Waals surface area contributed by atoms with Gasteiger partial charge in [-0.2, -0.15) is 0 Å². The number of halogens is 2. The van der Waals surface area contributed by atoms with E-state index in [1.807, 2.05) is 41.1 Å². The number of nitrogens with zero attached hydrogens (tertiary/aromatic N) is 4. The Bertz CT molecular complexity index is 1200. The lowest BCUT2D eigenvalue weighted by atomic mass is 10.1. The van der Waals surface area contributed by atoms with Crippen LogP contribution in [-0.2, 0) is 26.5 Å². The number of benzene rings is 2. The number of anilines is 1. The van der Waals surface area contributed by atoms with E-state index in [4.69, 9.17) is 42.1 Å². The van der Waals surface area contributed by atoms with E-state index in [2.05, 4.69) is 9.88 Å². The fourth-order valence-electron chi connectivity index (χ4n) is 4.59. The molecule has 0 aliphatic carbocycles. The Morgan fingerprint density at radius 3 is 2.59 bits per heavy atom. The minimum atomic E-state index is -1.09. The van der Waals surface area contributed by atoms with Gasteiger partial charge < -0.3 is 33.3 Å². The summed E-state index contributed by atoms with van der Waals surface area (Å²) >= 11 is 12.7. The van der Waals surface area contributed by atoms with Crippen LogP contribution in [0, 0.1) is 0 Å². The molecule has 196 valence electrons. The van der Waals surface area contributed by atoms with Crippen molar-refractivity contribution in [1.82, 2.24) is 14.5 Å². The Morgan fingerprint density at radius 1 is 1.14 bits per heavy atom. The van der Waals surface area contributed by atoms with Crippen molar-refractivity contribution in [2.24, 2.45) is 0 Å². The van der Waals surface area contributed by atoms with Crippen LogP contribution in [0.1, 0.15) is 5.56 Å². The molecule has 2 aliphatic rings. The molecule has 3 heterocycles. The zero-order valence-corrected chi connectivity index (χ0v) is 21.9. The molecule has 37 heavy (non-hydrogen) atoms. The van der Waals surface area contributed by atoms with Crippen LogP contribution >= 0.6 is 23.2 Å². The summed E-state index contributed by atoms with van der Waals surface area (Å²) in [6.45, 7) is 3.78. The Kier molecular flexibility index (Phi) is 7.76. The van der Waals surface area contributed by atoms with Crippen molar-refractivity contribution in [2.75, 3.05) is 51.4 Å². The summed E-state index contributed by atoms with van der Waals surface area (Å²) in [7, 11) is 1.41. The minimum absolute atomic E-state index is 0.283. The molecule has 9 nitrogen and oxygen atoms in total. The predicted octanol–water partition coefficient (Wildman–Crippen LogP) is 4.43. The number of carbonyl (C=O) groups is 1. The Morgan fingerprint density at radius 2 is 1.92 bits per heavy atom. The molecule has 2 aliphatic heterocycles. The van der Waals surface area contributed by atoms with E-state index >= 15 is 0 Å². The van der Waals surface area contributed by atoms with Crippen molar-refractivity contribution in [3.05, 3.63) is 76.8 Å². The maximum atomic E-state index is 11.7. The van der Waals surface area contributed by atoms with E-state index in [1.165, 1.54) is 7.11 Å². The van der Waals surface area contributed by atoms with Crippen LogP contribution in [0.3, 0.4) is 0 Å². The molecule has 11 heteroatoms. The van der Waals surface area contributed by atoms with Gasteiger partial charge in [-0.1, -0.05) is 29.3 Å². The van der Waals surface area contributed by atoms with Crippen LogP contribution in [0.15, 0.2) is 61.2 Å². The zero-order valence-electron chi connectivity index (χ0n) is 20.4. The molecule has 2 fully saturated rings. The smallest absolute Gasteiger partial charge is 0.409 e. The summed E-state index contributed by atoms with van der Waals surface area (Å²) in [5.41, 5.74) is 1.78. The second-order valence-electron chi connectivity index (χ2n) is 8.91. The van der Waals surface area contributed by atoms with Crippen molar-refractivity contribution >= 4 is 35.0 Å². The van der Waals surface area contributed by atoms with E-state index in [1.54, 1.807) is 29.6 Å². The first-order chi connectivity index (χ1) is 18.0. The Hall–Kier alpha value is -2.98. The summed E-state index contributed by atoms with van der Waals surface area (Å²) in [5.74, 6) is -0.357. The summed E-state index contributed by atoms with van der Waals surface area (Å²) in [4.78, 5) is 19.8. The number of rotatable bonds is 7. The zero-order chi connectivity index (χ0) is 25.8. The molecule has 1 aromatic heterocycles. The molecule has 1 amide bonds. The highest BCUT2D eigenvalue weighted by Crippen LogP contribution is 2.40. The lowest BCUT2D eigenvalue weighted by molar-refractivity contribution is -0.189. The fourth-order valence-corrected chi connectivity index (χ4v) is 5.15. The average Bonchev–Trinajstić information content (AvgIpc) is 3.58. The second kappa shape index (κ2) is 11.2. The van der Waals surface area contributed by atoms with Crippen LogP contribution < -0.4 is 9.64 Å². The predicted molar refractivity (Wildman–Crippen MR) is 139 cm³/mol. The van der Waals surface area contributed by atoms with Gasteiger partial charge in [-0.3, -0.25) is 0 Å². The third-order valence-corrected chi connectivity index (χ3v) is 7.05. The first kappa shape index (κ1) is 25.7. The van der Waals surface area contributed by atoms with Gasteiger partial charge in [-0.15, -0.1) is 0 Å². The van der Waals surface area contributed by atoms with Gasteiger partial charge in [-0.25, -0.2) is 9.78 Å². The molecule has 0 saturated carbocycles. The van der Waals surface area contributed by atoms with E-state index in [0.717, 1.165) is 24.5 Å². The summed E-state index contributed by atoms with van der Waals surface area (Å²) < 4.78 is 25.4. The number of amides is 1. The van der Waals surface area contributed by atoms with Crippen LogP contribution in [0.25, 0.3) is 0 Å². The Labute approximate surface area is 225 Å². The summed E-state index contributed by atoms with van der Waals surface area (Å²) in [6.07, 6.45) is 4.67. The molecule has 0 N–H and O–H groups in total. The van der Waals surface area contributed by atoms with Gasteiger partial charge in [0.2, 0.25) is 5.79 Å². The molecule has 2 atom stereocenters. The van der Waals surface area contributed by atoms with Crippen LogP contribution in [0.2, 0.25) is 10.0 Å². The van der Waals surface area contributed by atoms with Gasteiger partial charge >= 0.3 is 6.09 Å². The van der Waals surface area contributed by atoms with Gasteiger partial charge in [0.25, 0.3) is 0 Å². The van der Waals surface area contributed by atoms with Crippen LogP contribution in [0.4, 0.5) is 10.5 Å². The van der Waals surface area contributed by atoms with E-state index in [-0.39, 0.29) is 12.2 Å². The SMILES string of the molecule is COC(=O)N1CCN(c2ccc(OCC3CO[C@](Cn4ccnc4)(c4ccc(Cl)cc4Cl)O3)cc2)CC1. The standard InChI is InChI=1S/C26H28Cl2N4O5/c1-34-25(33)32-12-10-31(11-13-32)20-3-5-21(6-4-20)35-15-22-16-36-26(37-22,17-30-9-8-29-18-30)23-7-2-19(27)14-24(23)28/h2-9,14,18,22H,10-13,15-17H2,1H3/t22?,26-/m0/s1. The number of carbonyl (C=O) groups excluding carboxylic acids is 1. The van der Waals surface area contributed by atoms with Crippen LogP contribution in [-0.4, -0.2) is 73.2 Å². The topological polar surface area (TPSA) is 78.3 Å². The average molecular weight is 547 g/mol. The minimum Gasteiger partial charge on any atom is -0.491 e. The number of hydrogen-bond donors (Lipinski definition) is 0. The Balaban J connectivity index is 1.20. The van der Waals surface area contributed by atoms with Gasteiger partial charge in [0.15, 0.2) is 0 Å². The van der Waals surface area contributed by atoms with Gasteiger partial charge in [-0.05, 0) is 36.4 Å². The largest absolute Gasteiger partial charge is 0.491 e. The summed E-state index contributed by atoms with van der Waals surface area (Å²) in [5, 5.41) is 1.01. The molecule has 1 unspecified atom stereocenters. The lowest BCUT2D eigenvalue weighted by Gasteiger charge is -2.35. The van der Waals surface area contributed by atoms with Crippen molar-refractivity contribution < 1.29 is 23.7 Å². The normalized spacial score (nSPS) is 21.8. The molecule has 5 rings (SSSR count). The molecule has 0 spiro atoms. The fraction of sp³-hybridized carbons (Fsp3) is 0.385. The molecular weight excluding hydrogens is 519 g/mol. The number of hydrogen-bond acceptors (Lipinski definition) is 7. The highest BCUT2D eigenvalue weighted by molar-refractivity contribution is 6.35. The number of aromatic nitrogens is 2. The van der Waals surface area contributed by atoms with E-state index < -0.39 is 5.79 Å². The number of ether oxygens (including phenoxy) is 4. The molecule has 3 aromatic rings. The van der Waals surface area contributed by atoms with Crippen molar-refractivity contribution in [2.45, 2.75) is 18.4 Å². The molecular formula is C26H28Cl2N4O5. The van der Waals surface area contributed by atoms with E-state index in [9.17, 15) is 4.79 Å². The van der Waals surface area contributed by atoms with Gasteiger partial charge in [0, 0.05) is 54.8 Å². The molecule has 2 saturated heterocycles. The van der Waals surface area contributed by atoms with Gasteiger partial charge in [0.05, 0.1) is 31.6 Å². The molecule has 0 bridgehead atoms. The maximum absolute atomic E-state index is 11.7. The maximum Gasteiger partial charge on any atom is 0.409 e. The molecule has 0 radical (unpaired) electrons. The number of imidazole rings is 1. The molecule has 2 aromatic carbocycles. The number of piperazine rings is 1. The van der Waals surface area contributed by atoms with Crippen molar-refractivity contribution in [3.63, 3.8) is 0 Å². The third kappa shape index (κ3) is 5.80. The first-order valence-electron chi connectivity index (χ1n) is 12.0. The van der Waals surface area contributed by atoms with Crippen LogP contribution in [0.5, 0.6) is 5.75 Å². The lowest BCUT2D eigenvalue weighted by Crippen LogP contribution is -2.48. The quantitative estimate of drug-likeness (QED) is 0.433. The highest BCUT2D eigenvalue weighted by Gasteiger charge is 2.45. The van der Waals surface area contributed by atoms with E-state index in [0.29, 0.717) is 48.5 Å². The van der Waals surface area contributed by atoms with Gasteiger partial charge in [0.1, 0.15) is 18.5 Å². The monoisotopic (exact) mass is 546 g/mol. The van der Waals surface area contributed by atoms with Crippen molar-refractivity contribution in [3.8, 4) is 5.75 Å². The van der Waals surface area contributed by atoms with Crippen molar-refractivity contribution in [1.29, 1.82) is 0 Å². The second-order valence-corrected chi connectivity index (χ2v) is 9.76. The third-order valence-electron chi connectivity index (χ3n) is 6.50. The summed E-state index contributed by atoms with van der Waals surface area (Å²) in [6, 6.07) is 13.2.